The minimum Gasteiger partial charge on any atom is -0.476 e. The van der Waals surface area contributed by atoms with Gasteiger partial charge in [-0.15, -0.1) is 0 Å². The van der Waals surface area contributed by atoms with Crippen molar-refractivity contribution in [2.45, 2.75) is 52.6 Å². The van der Waals surface area contributed by atoms with E-state index in [1.807, 2.05) is 87.1 Å². The summed E-state index contributed by atoms with van der Waals surface area (Å²) in [5, 5.41) is 26.7. The summed E-state index contributed by atoms with van der Waals surface area (Å²) in [5.74, 6) is 0.297. The van der Waals surface area contributed by atoms with Crippen LogP contribution in [0.5, 0.6) is 0 Å². The summed E-state index contributed by atoms with van der Waals surface area (Å²) >= 11 is 0. The smallest absolute Gasteiger partial charge is 0.358 e. The normalized spacial score (nSPS) is 10.6. The van der Waals surface area contributed by atoms with Crippen molar-refractivity contribution in [1.82, 2.24) is 29.9 Å². The predicted molar refractivity (Wildman–Crippen MR) is 176 cm³/mol. The van der Waals surface area contributed by atoms with Gasteiger partial charge in [0, 0.05) is 36.4 Å². The van der Waals surface area contributed by atoms with Crippen LogP contribution in [0.3, 0.4) is 0 Å². The molecule has 0 bridgehead atoms. The van der Waals surface area contributed by atoms with Gasteiger partial charge >= 0.3 is 5.97 Å². The van der Waals surface area contributed by atoms with Crippen molar-refractivity contribution in [1.29, 1.82) is 0 Å². The third-order valence-electron chi connectivity index (χ3n) is 6.57. The molecule has 4 aromatic heterocycles. The van der Waals surface area contributed by atoms with E-state index in [0.717, 1.165) is 12.1 Å². The molecule has 0 spiro atoms. The molecule has 0 aliphatic carbocycles. The van der Waals surface area contributed by atoms with Crippen LogP contribution in [0.25, 0.3) is 0 Å². The lowest BCUT2D eigenvalue weighted by molar-refractivity contribution is 0.0685. The summed E-state index contributed by atoms with van der Waals surface area (Å²) in [6, 6.07) is 23.3. The Kier molecular flexibility index (Phi) is 11.8. The molecule has 1 amide bonds. The highest BCUT2D eigenvalue weighted by atomic mass is 16.5. The molecule has 13 heteroatoms. The van der Waals surface area contributed by atoms with Crippen molar-refractivity contribution in [2.24, 2.45) is 0 Å². The third kappa shape index (κ3) is 10.6. The third-order valence-corrected chi connectivity index (χ3v) is 6.57. The number of carboxylic acids is 1. The van der Waals surface area contributed by atoms with Crippen LogP contribution in [0.2, 0.25) is 0 Å². The van der Waals surface area contributed by atoms with Crippen LogP contribution in [-0.2, 0) is 13.1 Å². The first-order chi connectivity index (χ1) is 22.6. The zero-order valence-corrected chi connectivity index (χ0v) is 26.6. The van der Waals surface area contributed by atoms with E-state index in [1.165, 1.54) is 11.6 Å². The maximum absolute atomic E-state index is 12.1. The predicted octanol–water partition coefficient (Wildman–Crippen LogP) is 6.30. The Bertz CT molecular complexity index is 1840. The molecule has 13 nitrogen and oxygen atoms in total. The van der Waals surface area contributed by atoms with Crippen LogP contribution in [-0.4, -0.2) is 46.9 Å². The monoisotopic (exact) mass is 638 g/mol. The van der Waals surface area contributed by atoms with Gasteiger partial charge in [0.25, 0.3) is 5.91 Å². The van der Waals surface area contributed by atoms with E-state index >= 15 is 0 Å². The highest BCUT2D eigenvalue weighted by Crippen LogP contribution is 2.17. The Morgan fingerprint density at radius 3 is 1.70 bits per heavy atom. The molecule has 0 fully saturated rings. The van der Waals surface area contributed by atoms with Gasteiger partial charge in [-0.25, -0.2) is 4.79 Å². The number of aromatic carboxylic acids is 1. The van der Waals surface area contributed by atoms with Crippen LogP contribution >= 0.6 is 0 Å². The van der Waals surface area contributed by atoms with Crippen molar-refractivity contribution < 1.29 is 23.7 Å². The van der Waals surface area contributed by atoms with E-state index in [9.17, 15) is 9.59 Å². The maximum atomic E-state index is 12.1. The molecular weight excluding hydrogens is 600 g/mol. The summed E-state index contributed by atoms with van der Waals surface area (Å²) in [6.07, 6.45) is 6.88. The molecule has 0 atom stereocenters. The number of benzene rings is 2. The van der Waals surface area contributed by atoms with Gasteiger partial charge in [0.15, 0.2) is 11.4 Å². The van der Waals surface area contributed by atoms with E-state index in [1.54, 1.807) is 29.3 Å². The number of hydrogen-bond acceptors (Lipinski definition) is 9. The maximum Gasteiger partial charge on any atom is 0.358 e. The van der Waals surface area contributed by atoms with Crippen LogP contribution in [0, 0.1) is 0 Å². The second-order valence-electron chi connectivity index (χ2n) is 11.2. The lowest BCUT2D eigenvalue weighted by atomic mass is 10.1. The Hall–Kier alpha value is -5.98. The SMILES string of the molecule is CC(C)c1cc(C(=O)Nc2cnn(Cc3ccccc3)c2)no1.CC(C)c1cc(C(=O)O)no1.Nc1cnn(Cc2ccccc2)c1. The van der Waals surface area contributed by atoms with Crippen LogP contribution in [0.1, 0.15) is 83.2 Å². The molecule has 0 saturated heterocycles. The first-order valence-corrected chi connectivity index (χ1v) is 14.9. The lowest BCUT2D eigenvalue weighted by Crippen LogP contribution is -2.11. The second-order valence-corrected chi connectivity index (χ2v) is 11.2. The van der Waals surface area contributed by atoms with E-state index in [-0.39, 0.29) is 29.1 Å². The van der Waals surface area contributed by atoms with E-state index in [4.69, 9.17) is 19.9 Å². The molecule has 4 heterocycles. The zero-order valence-electron chi connectivity index (χ0n) is 26.6. The number of carbonyl (C=O) groups is 2. The largest absolute Gasteiger partial charge is 0.476 e. The molecule has 6 aromatic rings. The standard InChI is InChI=1S/C17H18N4O2.C10H11N3.C7H9NO3/c1-12(2)16-8-15(20-23-16)17(22)19-14-9-18-21(11-14)10-13-6-4-3-5-7-13;11-10-6-12-13(8-10)7-9-4-2-1-3-5-9;1-4(2)6-3-5(7(9)10)8-11-6/h3-9,11-12H,10H2,1-2H3,(H,19,22);1-6,8H,7,11H2;3-4H,1-2H3,(H,9,10). The molecule has 6 rings (SSSR count). The van der Waals surface area contributed by atoms with Gasteiger partial charge in [-0.1, -0.05) is 98.7 Å². The van der Waals surface area contributed by atoms with Gasteiger partial charge in [-0.05, 0) is 11.1 Å². The highest BCUT2D eigenvalue weighted by molar-refractivity contribution is 6.02. The van der Waals surface area contributed by atoms with Gasteiger partial charge in [-0.3, -0.25) is 14.2 Å². The average molecular weight is 639 g/mol. The van der Waals surface area contributed by atoms with E-state index in [2.05, 4.69) is 38.0 Å². The van der Waals surface area contributed by atoms with Gasteiger partial charge in [0.05, 0.1) is 36.9 Å². The number of nitrogens with two attached hydrogens (primary N) is 1. The number of carbonyl (C=O) groups excluding carboxylic acids is 1. The first kappa shape index (κ1) is 33.9. The number of nitrogens with zero attached hydrogens (tertiary/aromatic N) is 6. The van der Waals surface area contributed by atoms with Crippen LogP contribution in [0.15, 0.2) is 107 Å². The Labute approximate surface area is 272 Å². The zero-order chi connectivity index (χ0) is 33.8. The fraction of sp³-hybridized carbons (Fsp3) is 0.235. The minimum atomic E-state index is -1.05. The number of nitrogen functional groups attached to an aromatic ring is 1. The molecule has 0 saturated carbocycles. The number of nitrogens with one attached hydrogen (secondary N) is 1. The summed E-state index contributed by atoms with van der Waals surface area (Å²) in [5.41, 5.74) is 9.49. The molecule has 0 radical (unpaired) electrons. The number of carboxylic acid groups (broad SMARTS) is 1. The number of rotatable bonds is 9. The fourth-order valence-electron chi connectivity index (χ4n) is 4.05. The number of anilines is 2. The summed E-state index contributed by atoms with van der Waals surface area (Å²) < 4.78 is 13.5. The van der Waals surface area contributed by atoms with E-state index in [0.29, 0.717) is 29.4 Å². The van der Waals surface area contributed by atoms with Crippen molar-refractivity contribution in [3.05, 3.63) is 132 Å². The summed E-state index contributed by atoms with van der Waals surface area (Å²) in [6.45, 7) is 9.21. The van der Waals surface area contributed by atoms with Crippen molar-refractivity contribution in [3.8, 4) is 0 Å². The molecule has 4 N–H and O–H groups in total. The van der Waals surface area contributed by atoms with Gasteiger partial charge in [-0.2, -0.15) is 10.2 Å². The first-order valence-electron chi connectivity index (χ1n) is 14.9. The average Bonchev–Trinajstić information content (AvgIpc) is 3.87. The molecule has 47 heavy (non-hydrogen) atoms. The molecule has 0 aliphatic rings. The minimum absolute atomic E-state index is 0.0336. The number of amides is 1. The topological polar surface area (TPSA) is 180 Å². The molecule has 0 unspecified atom stereocenters. The van der Waals surface area contributed by atoms with Gasteiger partial charge in [0.1, 0.15) is 11.5 Å². The Morgan fingerprint density at radius 2 is 1.26 bits per heavy atom. The van der Waals surface area contributed by atoms with Crippen molar-refractivity contribution >= 4 is 23.3 Å². The quantitative estimate of drug-likeness (QED) is 0.162. The molecular formula is C34H38N8O5. The van der Waals surface area contributed by atoms with Crippen LogP contribution in [0.4, 0.5) is 11.4 Å². The molecule has 2 aromatic carbocycles. The molecule has 244 valence electrons. The van der Waals surface area contributed by atoms with Crippen LogP contribution < -0.4 is 11.1 Å². The number of hydrogen-bond donors (Lipinski definition) is 3. The Morgan fingerprint density at radius 1 is 0.766 bits per heavy atom. The van der Waals surface area contributed by atoms with Gasteiger partial charge in [0.2, 0.25) is 0 Å². The summed E-state index contributed by atoms with van der Waals surface area (Å²) in [4.78, 5) is 22.5. The second kappa shape index (κ2) is 16.4. The molecule has 0 aliphatic heterocycles. The Balaban J connectivity index is 0.000000176. The summed E-state index contributed by atoms with van der Waals surface area (Å²) in [7, 11) is 0. The van der Waals surface area contributed by atoms with Crippen molar-refractivity contribution in [2.75, 3.05) is 11.1 Å². The van der Waals surface area contributed by atoms with Crippen molar-refractivity contribution in [3.63, 3.8) is 0 Å². The van der Waals surface area contributed by atoms with E-state index < -0.39 is 5.97 Å². The highest BCUT2D eigenvalue weighted by Gasteiger charge is 2.15. The number of aromatic nitrogens is 6. The lowest BCUT2D eigenvalue weighted by Gasteiger charge is -2.01. The van der Waals surface area contributed by atoms with Gasteiger partial charge < -0.3 is 25.2 Å². The fourth-order valence-corrected chi connectivity index (χ4v) is 4.05.